The van der Waals surface area contributed by atoms with Gasteiger partial charge in [-0.2, -0.15) is 0 Å². The molecule has 0 fully saturated rings. The molecular formula is C17H20O2. The molecule has 0 radical (unpaired) electrons. The zero-order valence-electron chi connectivity index (χ0n) is 11.6. The van der Waals surface area contributed by atoms with Crippen molar-refractivity contribution in [2.75, 3.05) is 0 Å². The SMILES string of the molecule is CC(C)(C)c1cc(O)ccc1Cc1ccc(O)cc1. The second-order valence-electron chi connectivity index (χ2n) is 5.93. The largest absolute Gasteiger partial charge is 0.508 e. The summed E-state index contributed by atoms with van der Waals surface area (Å²) in [7, 11) is 0. The molecule has 19 heavy (non-hydrogen) atoms. The van der Waals surface area contributed by atoms with Crippen LogP contribution >= 0.6 is 0 Å². The van der Waals surface area contributed by atoms with Gasteiger partial charge in [0.05, 0.1) is 0 Å². The predicted octanol–water partition coefficient (Wildman–Crippen LogP) is 3.99. The van der Waals surface area contributed by atoms with Crippen molar-refractivity contribution in [3.8, 4) is 11.5 Å². The predicted molar refractivity (Wildman–Crippen MR) is 77.7 cm³/mol. The molecule has 0 aliphatic heterocycles. The molecule has 0 aromatic heterocycles. The molecule has 0 heterocycles. The highest BCUT2D eigenvalue weighted by Crippen LogP contribution is 2.30. The minimum atomic E-state index is -0.00894. The molecular weight excluding hydrogens is 236 g/mol. The Morgan fingerprint density at radius 3 is 2.00 bits per heavy atom. The first-order valence-corrected chi connectivity index (χ1v) is 6.46. The van der Waals surface area contributed by atoms with Gasteiger partial charge in [0.1, 0.15) is 11.5 Å². The highest BCUT2D eigenvalue weighted by molar-refractivity contribution is 5.42. The second kappa shape index (κ2) is 4.96. The molecule has 0 saturated heterocycles. The summed E-state index contributed by atoms with van der Waals surface area (Å²) in [4.78, 5) is 0. The van der Waals surface area contributed by atoms with Crippen LogP contribution in [0.25, 0.3) is 0 Å². The van der Waals surface area contributed by atoms with Gasteiger partial charge in [0.15, 0.2) is 0 Å². The van der Waals surface area contributed by atoms with Gasteiger partial charge < -0.3 is 10.2 Å². The fourth-order valence-corrected chi connectivity index (χ4v) is 2.25. The second-order valence-corrected chi connectivity index (χ2v) is 5.93. The molecule has 2 aromatic rings. The molecule has 0 bridgehead atoms. The van der Waals surface area contributed by atoms with E-state index in [0.717, 1.165) is 17.5 Å². The van der Waals surface area contributed by atoms with Crippen molar-refractivity contribution in [3.05, 3.63) is 59.2 Å². The molecule has 2 aromatic carbocycles. The summed E-state index contributed by atoms with van der Waals surface area (Å²) in [6.45, 7) is 6.42. The van der Waals surface area contributed by atoms with E-state index in [1.165, 1.54) is 5.56 Å². The third-order valence-electron chi connectivity index (χ3n) is 3.23. The van der Waals surface area contributed by atoms with E-state index in [2.05, 4.69) is 20.8 Å². The standard InChI is InChI=1S/C17H20O2/c1-17(2,3)16-11-15(19)9-6-13(16)10-12-4-7-14(18)8-5-12/h4-9,11,18-19H,10H2,1-3H3. The summed E-state index contributed by atoms with van der Waals surface area (Å²) < 4.78 is 0. The first kappa shape index (κ1) is 13.5. The van der Waals surface area contributed by atoms with E-state index in [1.54, 1.807) is 18.2 Å². The van der Waals surface area contributed by atoms with E-state index in [-0.39, 0.29) is 11.2 Å². The highest BCUT2D eigenvalue weighted by Gasteiger charge is 2.18. The van der Waals surface area contributed by atoms with Gasteiger partial charge in [-0.25, -0.2) is 0 Å². The van der Waals surface area contributed by atoms with Gasteiger partial charge in [0, 0.05) is 0 Å². The van der Waals surface area contributed by atoms with Crippen molar-refractivity contribution in [2.45, 2.75) is 32.6 Å². The Hall–Kier alpha value is -1.96. The maximum Gasteiger partial charge on any atom is 0.115 e. The van der Waals surface area contributed by atoms with Gasteiger partial charge in [0.2, 0.25) is 0 Å². The number of phenols is 2. The normalized spacial score (nSPS) is 11.5. The third kappa shape index (κ3) is 3.28. The Kier molecular flexibility index (Phi) is 3.52. The fraction of sp³-hybridized carbons (Fsp3) is 0.294. The summed E-state index contributed by atoms with van der Waals surface area (Å²) >= 11 is 0. The lowest BCUT2D eigenvalue weighted by atomic mass is 9.82. The van der Waals surface area contributed by atoms with Crippen molar-refractivity contribution in [1.29, 1.82) is 0 Å². The Bertz CT molecular complexity index is 563. The third-order valence-corrected chi connectivity index (χ3v) is 3.23. The van der Waals surface area contributed by atoms with Crippen LogP contribution in [-0.2, 0) is 11.8 Å². The van der Waals surface area contributed by atoms with Crippen LogP contribution in [0.5, 0.6) is 11.5 Å². The van der Waals surface area contributed by atoms with Crippen LogP contribution in [0.4, 0.5) is 0 Å². The molecule has 2 nitrogen and oxygen atoms in total. The summed E-state index contributed by atoms with van der Waals surface area (Å²) in [6, 6.07) is 12.8. The van der Waals surface area contributed by atoms with Crippen LogP contribution in [0.15, 0.2) is 42.5 Å². The van der Waals surface area contributed by atoms with E-state index in [9.17, 15) is 10.2 Å². The molecule has 0 unspecified atom stereocenters. The Morgan fingerprint density at radius 2 is 1.42 bits per heavy atom. The van der Waals surface area contributed by atoms with Gasteiger partial charge >= 0.3 is 0 Å². The summed E-state index contributed by atoms with van der Waals surface area (Å²) in [6.07, 6.45) is 0.799. The lowest BCUT2D eigenvalue weighted by Crippen LogP contribution is -2.14. The molecule has 2 rings (SSSR count). The van der Waals surface area contributed by atoms with E-state index in [1.807, 2.05) is 24.3 Å². The van der Waals surface area contributed by atoms with Crippen LogP contribution in [0.2, 0.25) is 0 Å². The van der Waals surface area contributed by atoms with Crippen molar-refractivity contribution < 1.29 is 10.2 Å². The number of hydrogen-bond acceptors (Lipinski definition) is 2. The zero-order valence-corrected chi connectivity index (χ0v) is 11.6. The van der Waals surface area contributed by atoms with Gasteiger partial charge in [-0.05, 0) is 52.8 Å². The lowest BCUT2D eigenvalue weighted by molar-refractivity contribution is 0.470. The number of rotatable bonds is 2. The molecule has 2 N–H and O–H groups in total. The first-order valence-electron chi connectivity index (χ1n) is 6.46. The van der Waals surface area contributed by atoms with Gasteiger partial charge in [-0.1, -0.05) is 39.0 Å². The summed E-state index contributed by atoms with van der Waals surface area (Å²) in [5.41, 5.74) is 3.50. The molecule has 0 aliphatic rings. The smallest absolute Gasteiger partial charge is 0.115 e. The van der Waals surface area contributed by atoms with Crippen molar-refractivity contribution in [2.24, 2.45) is 0 Å². The quantitative estimate of drug-likeness (QED) is 0.853. The minimum Gasteiger partial charge on any atom is -0.508 e. The van der Waals surface area contributed by atoms with Crippen molar-refractivity contribution in [1.82, 2.24) is 0 Å². The van der Waals surface area contributed by atoms with Crippen molar-refractivity contribution >= 4 is 0 Å². The van der Waals surface area contributed by atoms with E-state index < -0.39 is 0 Å². The highest BCUT2D eigenvalue weighted by atomic mass is 16.3. The topological polar surface area (TPSA) is 40.5 Å². The number of benzene rings is 2. The minimum absolute atomic E-state index is 0.00894. The maximum absolute atomic E-state index is 9.67. The van der Waals surface area contributed by atoms with E-state index in [0.29, 0.717) is 5.75 Å². The fourth-order valence-electron chi connectivity index (χ4n) is 2.25. The molecule has 0 saturated carbocycles. The van der Waals surface area contributed by atoms with Crippen LogP contribution in [0.3, 0.4) is 0 Å². The molecule has 100 valence electrons. The average Bonchev–Trinajstić information content (AvgIpc) is 2.33. The number of phenolic OH excluding ortho intramolecular Hbond substituents is 2. The van der Waals surface area contributed by atoms with Gasteiger partial charge in [-0.15, -0.1) is 0 Å². The molecule has 0 atom stereocenters. The molecule has 0 spiro atoms. The average molecular weight is 256 g/mol. The number of aromatic hydroxyl groups is 2. The molecule has 0 amide bonds. The Labute approximate surface area is 114 Å². The summed E-state index contributed by atoms with van der Waals surface area (Å²) in [5, 5.41) is 19.0. The Morgan fingerprint density at radius 1 is 0.842 bits per heavy atom. The van der Waals surface area contributed by atoms with Crippen LogP contribution in [0, 0.1) is 0 Å². The van der Waals surface area contributed by atoms with Gasteiger partial charge in [0.25, 0.3) is 0 Å². The monoisotopic (exact) mass is 256 g/mol. The molecule has 0 aliphatic carbocycles. The van der Waals surface area contributed by atoms with Gasteiger partial charge in [-0.3, -0.25) is 0 Å². The van der Waals surface area contributed by atoms with Crippen molar-refractivity contribution in [3.63, 3.8) is 0 Å². The first-order chi connectivity index (χ1) is 8.86. The molecule has 2 heteroatoms. The number of hydrogen-bond donors (Lipinski definition) is 2. The van der Waals surface area contributed by atoms with Crippen LogP contribution in [0.1, 0.15) is 37.5 Å². The zero-order chi connectivity index (χ0) is 14.0. The van der Waals surface area contributed by atoms with Crippen LogP contribution in [-0.4, -0.2) is 10.2 Å². The maximum atomic E-state index is 9.67. The summed E-state index contributed by atoms with van der Waals surface area (Å²) in [5.74, 6) is 0.588. The Balaban J connectivity index is 2.37. The van der Waals surface area contributed by atoms with E-state index >= 15 is 0 Å². The lowest BCUT2D eigenvalue weighted by Gasteiger charge is -2.23. The van der Waals surface area contributed by atoms with E-state index in [4.69, 9.17) is 0 Å². The van der Waals surface area contributed by atoms with Crippen LogP contribution < -0.4 is 0 Å².